The number of halogens is 3. The van der Waals surface area contributed by atoms with Crippen LogP contribution in [0.2, 0.25) is 0 Å². The number of hydrogen-bond donors (Lipinski definition) is 1. The van der Waals surface area contributed by atoms with Gasteiger partial charge in [0.15, 0.2) is 0 Å². The Hall–Kier alpha value is -1.75. The second kappa shape index (κ2) is 5.27. The second-order valence-electron chi connectivity index (χ2n) is 3.59. The van der Waals surface area contributed by atoms with Gasteiger partial charge in [-0.1, -0.05) is 15.9 Å². The molecule has 0 bridgehead atoms. The van der Waals surface area contributed by atoms with Crippen LogP contribution in [0.4, 0.5) is 14.5 Å². The molecule has 18 heavy (non-hydrogen) atoms. The van der Waals surface area contributed by atoms with E-state index in [0.29, 0.717) is 10.2 Å². The van der Waals surface area contributed by atoms with Crippen molar-refractivity contribution in [3.05, 3.63) is 64.1 Å². The monoisotopic (exact) mass is 311 g/mol. The average Bonchev–Trinajstić information content (AvgIpc) is 2.35. The third-order valence-electron chi connectivity index (χ3n) is 2.28. The van der Waals surface area contributed by atoms with Crippen LogP contribution < -0.4 is 5.32 Å². The first kappa shape index (κ1) is 12.7. The first-order valence-electron chi connectivity index (χ1n) is 5.08. The number of carbonyl (C=O) groups is 1. The van der Waals surface area contributed by atoms with Gasteiger partial charge in [0.1, 0.15) is 11.6 Å². The summed E-state index contributed by atoms with van der Waals surface area (Å²) in [5, 5.41) is 2.49. The molecule has 0 aliphatic heterocycles. The highest BCUT2D eigenvalue weighted by Crippen LogP contribution is 2.17. The van der Waals surface area contributed by atoms with Gasteiger partial charge in [-0.3, -0.25) is 4.79 Å². The van der Waals surface area contributed by atoms with E-state index < -0.39 is 17.5 Å². The van der Waals surface area contributed by atoms with Crippen LogP contribution >= 0.6 is 15.9 Å². The normalized spacial score (nSPS) is 10.2. The van der Waals surface area contributed by atoms with Gasteiger partial charge in [0, 0.05) is 10.2 Å². The number of hydrogen-bond acceptors (Lipinski definition) is 1. The average molecular weight is 312 g/mol. The van der Waals surface area contributed by atoms with Gasteiger partial charge in [-0.2, -0.15) is 0 Å². The Balaban J connectivity index is 2.21. The summed E-state index contributed by atoms with van der Waals surface area (Å²) in [5.74, 6) is -1.60. The fourth-order valence-electron chi connectivity index (χ4n) is 1.40. The largest absolute Gasteiger partial charge is 0.322 e. The molecule has 0 aliphatic carbocycles. The maximum atomic E-state index is 13.4. The highest BCUT2D eigenvalue weighted by atomic mass is 79.9. The Morgan fingerprint density at radius 2 is 1.72 bits per heavy atom. The van der Waals surface area contributed by atoms with Gasteiger partial charge in [0.25, 0.3) is 5.91 Å². The summed E-state index contributed by atoms with van der Waals surface area (Å²) >= 11 is 3.16. The first-order chi connectivity index (χ1) is 8.56. The third kappa shape index (κ3) is 2.92. The van der Waals surface area contributed by atoms with Crippen molar-refractivity contribution in [1.82, 2.24) is 0 Å². The van der Waals surface area contributed by atoms with Gasteiger partial charge in [-0.25, -0.2) is 8.78 Å². The van der Waals surface area contributed by atoms with Crippen molar-refractivity contribution in [2.24, 2.45) is 0 Å². The first-order valence-corrected chi connectivity index (χ1v) is 5.87. The Kier molecular flexibility index (Phi) is 3.72. The Morgan fingerprint density at radius 3 is 2.39 bits per heavy atom. The lowest BCUT2D eigenvalue weighted by Gasteiger charge is -2.06. The molecular weight excluding hydrogens is 304 g/mol. The van der Waals surface area contributed by atoms with Crippen LogP contribution in [0.15, 0.2) is 46.9 Å². The van der Waals surface area contributed by atoms with Crippen molar-refractivity contribution in [1.29, 1.82) is 0 Å². The van der Waals surface area contributed by atoms with Crippen LogP contribution in [0.5, 0.6) is 0 Å². The highest BCUT2D eigenvalue weighted by molar-refractivity contribution is 9.10. The minimum atomic E-state index is -0.613. The maximum Gasteiger partial charge on any atom is 0.258 e. The van der Waals surface area contributed by atoms with Gasteiger partial charge in [0.05, 0.1) is 5.56 Å². The molecular formula is C13H8BrF2NO. The van der Waals surface area contributed by atoms with Gasteiger partial charge in [0.2, 0.25) is 0 Å². The van der Waals surface area contributed by atoms with Crippen molar-refractivity contribution in [2.75, 3.05) is 5.32 Å². The van der Waals surface area contributed by atoms with Crippen molar-refractivity contribution >= 4 is 27.5 Å². The lowest BCUT2D eigenvalue weighted by molar-refractivity contribution is 0.102. The molecule has 0 atom stereocenters. The number of carbonyl (C=O) groups excluding carboxylic acids is 1. The smallest absolute Gasteiger partial charge is 0.258 e. The Bertz CT molecular complexity index is 584. The second-order valence-corrected chi connectivity index (χ2v) is 4.50. The molecule has 2 aromatic rings. The van der Waals surface area contributed by atoms with Crippen molar-refractivity contribution in [3.63, 3.8) is 0 Å². The highest BCUT2D eigenvalue weighted by Gasteiger charge is 2.12. The summed E-state index contributed by atoms with van der Waals surface area (Å²) in [7, 11) is 0. The molecule has 0 aromatic heterocycles. The van der Waals surface area contributed by atoms with E-state index in [2.05, 4.69) is 21.2 Å². The van der Waals surface area contributed by atoms with Gasteiger partial charge >= 0.3 is 0 Å². The molecule has 0 spiro atoms. The topological polar surface area (TPSA) is 29.1 Å². The molecule has 5 heteroatoms. The molecule has 2 aromatic carbocycles. The third-order valence-corrected chi connectivity index (χ3v) is 2.77. The number of benzene rings is 2. The van der Waals surface area contributed by atoms with E-state index in [-0.39, 0.29) is 5.56 Å². The summed E-state index contributed by atoms with van der Waals surface area (Å²) in [6.45, 7) is 0. The molecule has 2 nitrogen and oxygen atoms in total. The van der Waals surface area contributed by atoms with Crippen LogP contribution in [0, 0.1) is 11.6 Å². The van der Waals surface area contributed by atoms with E-state index in [1.165, 1.54) is 42.5 Å². The minimum absolute atomic E-state index is 0.0753. The van der Waals surface area contributed by atoms with Gasteiger partial charge < -0.3 is 5.32 Å². The fourth-order valence-corrected chi connectivity index (χ4v) is 1.76. The summed E-state index contributed by atoms with van der Waals surface area (Å²) in [6, 6.07) is 9.33. The Labute approximate surface area is 111 Å². The predicted molar refractivity (Wildman–Crippen MR) is 68.5 cm³/mol. The van der Waals surface area contributed by atoms with Crippen LogP contribution in [0.25, 0.3) is 0 Å². The molecule has 1 amide bonds. The van der Waals surface area contributed by atoms with Crippen molar-refractivity contribution in [2.45, 2.75) is 0 Å². The fraction of sp³-hybridized carbons (Fsp3) is 0. The molecule has 0 heterocycles. The maximum absolute atomic E-state index is 13.4. The van der Waals surface area contributed by atoms with E-state index in [1.807, 2.05) is 0 Å². The minimum Gasteiger partial charge on any atom is -0.322 e. The predicted octanol–water partition coefficient (Wildman–Crippen LogP) is 3.98. The molecule has 0 fully saturated rings. The zero-order chi connectivity index (χ0) is 13.1. The molecule has 92 valence electrons. The summed E-state index contributed by atoms with van der Waals surface area (Å²) < 4.78 is 26.7. The van der Waals surface area contributed by atoms with E-state index in [9.17, 15) is 13.6 Å². The number of nitrogens with one attached hydrogen (secondary N) is 1. The van der Waals surface area contributed by atoms with E-state index in [4.69, 9.17) is 0 Å². The quantitative estimate of drug-likeness (QED) is 0.893. The van der Waals surface area contributed by atoms with E-state index in [0.717, 1.165) is 0 Å². The summed E-state index contributed by atoms with van der Waals surface area (Å²) in [6.07, 6.45) is 0. The van der Waals surface area contributed by atoms with Crippen LogP contribution in [0.3, 0.4) is 0 Å². The number of amides is 1. The zero-order valence-electron chi connectivity index (χ0n) is 9.08. The van der Waals surface area contributed by atoms with Crippen LogP contribution in [-0.4, -0.2) is 5.91 Å². The molecule has 0 unspecified atom stereocenters. The molecule has 0 saturated heterocycles. The lowest BCUT2D eigenvalue weighted by atomic mass is 10.2. The molecule has 0 aliphatic rings. The van der Waals surface area contributed by atoms with E-state index in [1.54, 1.807) is 0 Å². The van der Waals surface area contributed by atoms with Gasteiger partial charge in [-0.05, 0) is 42.5 Å². The molecule has 0 saturated carbocycles. The molecule has 2 rings (SSSR count). The number of rotatable bonds is 2. The van der Waals surface area contributed by atoms with Crippen molar-refractivity contribution < 1.29 is 13.6 Å². The Morgan fingerprint density at radius 1 is 1.06 bits per heavy atom. The summed E-state index contributed by atoms with van der Waals surface area (Å²) in [5.41, 5.74) is 0.328. The van der Waals surface area contributed by atoms with Crippen LogP contribution in [-0.2, 0) is 0 Å². The standard InChI is InChI=1S/C13H8BrF2NO/c14-8-1-6-12(16)11(7-8)13(18)17-10-4-2-9(15)3-5-10/h1-7H,(H,17,18). The number of anilines is 1. The van der Waals surface area contributed by atoms with Gasteiger partial charge in [-0.15, -0.1) is 0 Å². The lowest BCUT2D eigenvalue weighted by Crippen LogP contribution is -2.13. The SMILES string of the molecule is O=C(Nc1ccc(F)cc1)c1cc(Br)ccc1F. The zero-order valence-corrected chi connectivity index (χ0v) is 10.7. The molecule has 0 radical (unpaired) electrons. The van der Waals surface area contributed by atoms with Crippen LogP contribution in [0.1, 0.15) is 10.4 Å². The van der Waals surface area contributed by atoms with E-state index >= 15 is 0 Å². The van der Waals surface area contributed by atoms with Crippen molar-refractivity contribution in [3.8, 4) is 0 Å². The summed E-state index contributed by atoms with van der Waals surface area (Å²) in [4.78, 5) is 11.8. The molecule has 1 N–H and O–H groups in total.